The van der Waals surface area contributed by atoms with Crippen molar-refractivity contribution in [2.24, 2.45) is 11.7 Å². The van der Waals surface area contributed by atoms with Crippen LogP contribution in [0.25, 0.3) is 10.9 Å². The first-order chi connectivity index (χ1) is 9.76. The molecule has 0 amide bonds. The van der Waals surface area contributed by atoms with Gasteiger partial charge in [0.1, 0.15) is 0 Å². The smallest absolute Gasteiger partial charge is 0.0764 e. The molecule has 2 unspecified atom stereocenters. The molecule has 1 aromatic carbocycles. The number of nitrogens with two attached hydrogens (primary N) is 1. The number of nitrogens with zero attached hydrogens (tertiary/aromatic N) is 2. The van der Waals surface area contributed by atoms with Crippen molar-refractivity contribution in [2.45, 2.75) is 19.4 Å². The van der Waals surface area contributed by atoms with E-state index in [4.69, 9.17) is 17.3 Å². The summed E-state index contributed by atoms with van der Waals surface area (Å²) >= 11 is 6.30. The Hall–Kier alpha value is -1.16. The molecular weight excluding hydrogens is 270 g/mol. The van der Waals surface area contributed by atoms with E-state index < -0.39 is 0 Å². The van der Waals surface area contributed by atoms with Gasteiger partial charge in [0, 0.05) is 22.6 Å². The number of pyridine rings is 1. The molecule has 0 bridgehead atoms. The molecule has 1 aromatic heterocycles. The second-order valence-corrected chi connectivity index (χ2v) is 5.80. The van der Waals surface area contributed by atoms with Crippen molar-refractivity contribution >= 4 is 22.5 Å². The third-order valence-electron chi connectivity index (χ3n) is 4.40. The Morgan fingerprint density at radius 2 is 2.25 bits per heavy atom. The minimum absolute atomic E-state index is 0.361. The van der Waals surface area contributed by atoms with Gasteiger partial charge >= 0.3 is 0 Å². The number of halogens is 1. The SMILES string of the molecule is CCN1CCC(CN)C1c1ccc(Cl)c2cccnc12. The fourth-order valence-electron chi connectivity index (χ4n) is 3.38. The highest BCUT2D eigenvalue weighted by Crippen LogP contribution is 2.40. The van der Waals surface area contributed by atoms with Crippen molar-refractivity contribution in [2.75, 3.05) is 19.6 Å². The van der Waals surface area contributed by atoms with E-state index in [2.05, 4.69) is 22.9 Å². The molecular formula is C16H20ClN3. The fourth-order valence-corrected chi connectivity index (χ4v) is 3.59. The summed E-state index contributed by atoms with van der Waals surface area (Å²) in [5.41, 5.74) is 8.26. The Balaban J connectivity index is 2.15. The van der Waals surface area contributed by atoms with Crippen LogP contribution in [-0.4, -0.2) is 29.5 Å². The summed E-state index contributed by atoms with van der Waals surface area (Å²) in [5.74, 6) is 0.501. The molecule has 20 heavy (non-hydrogen) atoms. The molecule has 2 heterocycles. The van der Waals surface area contributed by atoms with Gasteiger partial charge in [-0.05, 0) is 55.7 Å². The summed E-state index contributed by atoms with van der Waals surface area (Å²) in [5, 5.41) is 1.80. The Morgan fingerprint density at radius 3 is 3.00 bits per heavy atom. The van der Waals surface area contributed by atoms with Gasteiger partial charge < -0.3 is 5.73 Å². The van der Waals surface area contributed by atoms with Gasteiger partial charge in [0.2, 0.25) is 0 Å². The van der Waals surface area contributed by atoms with Crippen molar-refractivity contribution in [3.8, 4) is 0 Å². The van der Waals surface area contributed by atoms with E-state index in [-0.39, 0.29) is 0 Å². The molecule has 4 heteroatoms. The lowest BCUT2D eigenvalue weighted by Crippen LogP contribution is -2.28. The number of aromatic nitrogens is 1. The number of likely N-dealkylation sites (tertiary alicyclic amines) is 1. The van der Waals surface area contributed by atoms with E-state index in [9.17, 15) is 0 Å². The number of fused-ring (bicyclic) bond motifs is 1. The monoisotopic (exact) mass is 289 g/mol. The van der Waals surface area contributed by atoms with Crippen LogP contribution in [0.2, 0.25) is 5.02 Å². The molecule has 2 aromatic rings. The highest BCUT2D eigenvalue weighted by Gasteiger charge is 2.34. The van der Waals surface area contributed by atoms with E-state index in [1.807, 2.05) is 24.4 Å². The first-order valence-electron chi connectivity index (χ1n) is 7.23. The van der Waals surface area contributed by atoms with Crippen molar-refractivity contribution < 1.29 is 0 Å². The zero-order chi connectivity index (χ0) is 14.1. The zero-order valence-electron chi connectivity index (χ0n) is 11.7. The summed E-state index contributed by atoms with van der Waals surface area (Å²) < 4.78 is 0. The third kappa shape index (κ3) is 2.20. The summed E-state index contributed by atoms with van der Waals surface area (Å²) in [6, 6.07) is 8.45. The van der Waals surface area contributed by atoms with Crippen molar-refractivity contribution in [3.63, 3.8) is 0 Å². The number of rotatable bonds is 3. The Morgan fingerprint density at radius 1 is 1.40 bits per heavy atom. The molecule has 0 aliphatic carbocycles. The summed E-state index contributed by atoms with van der Waals surface area (Å²) in [6.07, 6.45) is 3.00. The molecule has 0 saturated carbocycles. The standard InChI is InChI=1S/C16H20ClN3/c1-2-20-9-7-11(10-18)16(20)13-5-6-14(17)12-4-3-8-19-15(12)13/h3-6,8,11,16H,2,7,9-10,18H2,1H3. The lowest BCUT2D eigenvalue weighted by Gasteiger charge is -2.28. The summed E-state index contributed by atoms with van der Waals surface area (Å²) in [7, 11) is 0. The molecule has 1 aliphatic rings. The molecule has 1 aliphatic heterocycles. The minimum atomic E-state index is 0.361. The van der Waals surface area contributed by atoms with Gasteiger partial charge in [0.05, 0.1) is 5.52 Å². The van der Waals surface area contributed by atoms with Gasteiger partial charge in [-0.1, -0.05) is 24.6 Å². The Bertz CT molecular complexity index is 602. The maximum Gasteiger partial charge on any atom is 0.0764 e. The first kappa shape index (κ1) is 13.8. The van der Waals surface area contributed by atoms with Crippen LogP contribution in [0.15, 0.2) is 30.5 Å². The predicted molar refractivity (Wildman–Crippen MR) is 83.9 cm³/mol. The van der Waals surface area contributed by atoms with Crippen LogP contribution in [0, 0.1) is 5.92 Å². The molecule has 1 fully saturated rings. The van der Waals surface area contributed by atoms with Crippen molar-refractivity contribution in [3.05, 3.63) is 41.0 Å². The van der Waals surface area contributed by atoms with Crippen LogP contribution < -0.4 is 5.73 Å². The second-order valence-electron chi connectivity index (χ2n) is 5.39. The third-order valence-corrected chi connectivity index (χ3v) is 4.73. The lowest BCUT2D eigenvalue weighted by molar-refractivity contribution is 0.243. The molecule has 3 rings (SSSR count). The average Bonchev–Trinajstić information content (AvgIpc) is 2.91. The fraction of sp³-hybridized carbons (Fsp3) is 0.438. The minimum Gasteiger partial charge on any atom is -0.330 e. The molecule has 0 spiro atoms. The Kier molecular flexibility index (Phi) is 3.92. The topological polar surface area (TPSA) is 42.1 Å². The van der Waals surface area contributed by atoms with Gasteiger partial charge in [-0.25, -0.2) is 0 Å². The quantitative estimate of drug-likeness (QED) is 0.943. The number of benzene rings is 1. The van der Waals surface area contributed by atoms with Gasteiger partial charge in [-0.15, -0.1) is 0 Å². The first-order valence-corrected chi connectivity index (χ1v) is 7.61. The van der Waals surface area contributed by atoms with Crippen LogP contribution in [0.4, 0.5) is 0 Å². The molecule has 1 saturated heterocycles. The lowest BCUT2D eigenvalue weighted by atomic mass is 9.92. The van der Waals surface area contributed by atoms with Crippen LogP contribution in [0.5, 0.6) is 0 Å². The van der Waals surface area contributed by atoms with Crippen molar-refractivity contribution in [1.29, 1.82) is 0 Å². The molecule has 2 N–H and O–H groups in total. The van der Waals surface area contributed by atoms with Crippen LogP contribution in [-0.2, 0) is 0 Å². The van der Waals surface area contributed by atoms with Gasteiger partial charge in [-0.3, -0.25) is 9.88 Å². The maximum atomic E-state index is 6.30. The van der Waals surface area contributed by atoms with E-state index in [0.717, 1.165) is 42.0 Å². The van der Waals surface area contributed by atoms with Gasteiger partial charge in [-0.2, -0.15) is 0 Å². The van der Waals surface area contributed by atoms with Gasteiger partial charge in [0.15, 0.2) is 0 Å². The van der Waals surface area contributed by atoms with Crippen LogP contribution in [0.3, 0.4) is 0 Å². The predicted octanol–water partition coefficient (Wildman–Crippen LogP) is 3.23. The summed E-state index contributed by atoms with van der Waals surface area (Å²) in [4.78, 5) is 7.07. The molecule has 3 nitrogen and oxygen atoms in total. The van der Waals surface area contributed by atoms with Gasteiger partial charge in [0.25, 0.3) is 0 Å². The highest BCUT2D eigenvalue weighted by molar-refractivity contribution is 6.35. The van der Waals surface area contributed by atoms with E-state index >= 15 is 0 Å². The average molecular weight is 290 g/mol. The normalized spacial score (nSPS) is 23.6. The molecule has 2 atom stereocenters. The van der Waals surface area contributed by atoms with Crippen molar-refractivity contribution in [1.82, 2.24) is 9.88 Å². The van der Waals surface area contributed by atoms with E-state index in [1.54, 1.807) is 0 Å². The van der Waals surface area contributed by atoms with Crippen LogP contribution in [0.1, 0.15) is 24.9 Å². The maximum absolute atomic E-state index is 6.30. The molecule has 0 radical (unpaired) electrons. The van der Waals surface area contributed by atoms with E-state index in [0.29, 0.717) is 12.0 Å². The molecule has 106 valence electrons. The van der Waals surface area contributed by atoms with Crippen LogP contribution >= 0.6 is 11.6 Å². The second kappa shape index (κ2) is 5.68. The summed E-state index contributed by atoms with van der Waals surface area (Å²) in [6.45, 7) is 5.08. The number of hydrogen-bond acceptors (Lipinski definition) is 3. The van der Waals surface area contributed by atoms with E-state index in [1.165, 1.54) is 5.56 Å². The highest BCUT2D eigenvalue weighted by atomic mass is 35.5. The zero-order valence-corrected chi connectivity index (χ0v) is 12.5. The Labute approximate surface area is 124 Å². The number of hydrogen-bond donors (Lipinski definition) is 1. The largest absolute Gasteiger partial charge is 0.330 e.